The van der Waals surface area contributed by atoms with Crippen LogP contribution in [0.2, 0.25) is 0 Å². The van der Waals surface area contributed by atoms with E-state index in [-0.39, 0.29) is 0 Å². The molecule has 0 bridgehead atoms. The summed E-state index contributed by atoms with van der Waals surface area (Å²) in [7, 11) is 0. The molecule has 2 aromatic rings. The molecule has 0 unspecified atom stereocenters. The number of rotatable bonds is 3. The van der Waals surface area contributed by atoms with E-state index in [9.17, 15) is 0 Å². The van der Waals surface area contributed by atoms with E-state index in [1.807, 2.05) is 0 Å². The molecule has 0 atom stereocenters. The summed E-state index contributed by atoms with van der Waals surface area (Å²) in [5.74, 6) is 0. The molecule has 96 valence electrons. The second-order valence-corrected chi connectivity index (χ2v) is 5.00. The SMILES string of the molecule is C(=C(c1ccccc1)N1CCCC1)c1ccccc1. The first kappa shape index (κ1) is 12.0. The van der Waals surface area contributed by atoms with Crippen LogP contribution in [-0.2, 0) is 0 Å². The number of hydrogen-bond acceptors (Lipinski definition) is 1. The Kier molecular flexibility index (Phi) is 3.64. The lowest BCUT2D eigenvalue weighted by molar-refractivity contribution is 0.495. The van der Waals surface area contributed by atoms with Gasteiger partial charge >= 0.3 is 0 Å². The Labute approximate surface area is 115 Å². The van der Waals surface area contributed by atoms with Crippen LogP contribution in [0, 0.1) is 0 Å². The fraction of sp³-hybridized carbons (Fsp3) is 0.222. The summed E-state index contributed by atoms with van der Waals surface area (Å²) in [5.41, 5.74) is 3.94. The van der Waals surface area contributed by atoms with E-state index in [0.29, 0.717) is 0 Å². The highest BCUT2D eigenvalue weighted by Gasteiger charge is 2.15. The summed E-state index contributed by atoms with van der Waals surface area (Å²) >= 11 is 0. The first-order valence-electron chi connectivity index (χ1n) is 7.00. The Morgan fingerprint density at radius 2 is 1.37 bits per heavy atom. The van der Waals surface area contributed by atoms with Crippen molar-refractivity contribution < 1.29 is 0 Å². The quantitative estimate of drug-likeness (QED) is 0.734. The Morgan fingerprint density at radius 3 is 2.00 bits per heavy atom. The van der Waals surface area contributed by atoms with Crippen molar-refractivity contribution in [3.63, 3.8) is 0 Å². The molecule has 0 radical (unpaired) electrons. The van der Waals surface area contributed by atoms with Crippen LogP contribution in [0.3, 0.4) is 0 Å². The van der Waals surface area contributed by atoms with Crippen molar-refractivity contribution in [1.29, 1.82) is 0 Å². The molecule has 19 heavy (non-hydrogen) atoms. The molecular formula is C18H19N. The minimum atomic E-state index is 1.17. The predicted molar refractivity (Wildman–Crippen MR) is 81.6 cm³/mol. The van der Waals surface area contributed by atoms with Gasteiger partial charge in [-0.15, -0.1) is 0 Å². The van der Waals surface area contributed by atoms with Crippen molar-refractivity contribution >= 4 is 11.8 Å². The highest BCUT2D eigenvalue weighted by Crippen LogP contribution is 2.26. The van der Waals surface area contributed by atoms with Crippen molar-refractivity contribution in [1.82, 2.24) is 4.90 Å². The van der Waals surface area contributed by atoms with Gasteiger partial charge in [0.15, 0.2) is 0 Å². The second kappa shape index (κ2) is 5.75. The number of hydrogen-bond donors (Lipinski definition) is 0. The van der Waals surface area contributed by atoms with Gasteiger partial charge in [0.25, 0.3) is 0 Å². The topological polar surface area (TPSA) is 3.24 Å². The molecule has 0 amide bonds. The zero-order chi connectivity index (χ0) is 12.9. The Morgan fingerprint density at radius 1 is 0.789 bits per heavy atom. The van der Waals surface area contributed by atoms with Crippen LogP contribution in [0.4, 0.5) is 0 Å². The summed E-state index contributed by atoms with van der Waals surface area (Å²) in [6, 6.07) is 21.3. The van der Waals surface area contributed by atoms with E-state index < -0.39 is 0 Å². The molecule has 1 heteroatoms. The van der Waals surface area contributed by atoms with Gasteiger partial charge in [-0.2, -0.15) is 0 Å². The lowest BCUT2D eigenvalue weighted by atomic mass is 10.1. The van der Waals surface area contributed by atoms with Crippen LogP contribution in [0.5, 0.6) is 0 Å². The third-order valence-electron chi connectivity index (χ3n) is 3.62. The first-order chi connectivity index (χ1) is 9.43. The van der Waals surface area contributed by atoms with E-state index >= 15 is 0 Å². The van der Waals surface area contributed by atoms with Crippen LogP contribution >= 0.6 is 0 Å². The van der Waals surface area contributed by atoms with Gasteiger partial charge in [-0.25, -0.2) is 0 Å². The van der Waals surface area contributed by atoms with Crippen LogP contribution in [0.25, 0.3) is 11.8 Å². The van der Waals surface area contributed by atoms with E-state index in [1.165, 1.54) is 42.8 Å². The maximum Gasteiger partial charge on any atom is 0.0445 e. The van der Waals surface area contributed by atoms with Gasteiger partial charge in [0, 0.05) is 18.8 Å². The summed E-state index contributed by atoms with van der Waals surface area (Å²) in [5, 5.41) is 0. The minimum Gasteiger partial charge on any atom is -0.371 e. The zero-order valence-corrected chi connectivity index (χ0v) is 11.1. The zero-order valence-electron chi connectivity index (χ0n) is 11.1. The summed E-state index contributed by atoms with van der Waals surface area (Å²) in [6.45, 7) is 2.35. The molecule has 0 aliphatic carbocycles. The fourth-order valence-electron chi connectivity index (χ4n) is 2.63. The molecule has 0 saturated carbocycles. The molecule has 2 aromatic carbocycles. The van der Waals surface area contributed by atoms with Crippen LogP contribution in [0.1, 0.15) is 24.0 Å². The third-order valence-corrected chi connectivity index (χ3v) is 3.62. The van der Waals surface area contributed by atoms with Crippen LogP contribution in [-0.4, -0.2) is 18.0 Å². The average molecular weight is 249 g/mol. The fourth-order valence-corrected chi connectivity index (χ4v) is 2.63. The lowest BCUT2D eigenvalue weighted by Gasteiger charge is -2.22. The summed E-state index contributed by atoms with van der Waals surface area (Å²) in [6.07, 6.45) is 4.92. The molecule has 1 nitrogen and oxygen atoms in total. The highest BCUT2D eigenvalue weighted by atomic mass is 15.1. The molecule has 1 fully saturated rings. The van der Waals surface area contributed by atoms with E-state index in [1.54, 1.807) is 0 Å². The van der Waals surface area contributed by atoms with Crippen LogP contribution < -0.4 is 0 Å². The Hall–Kier alpha value is -2.02. The average Bonchev–Trinajstić information content (AvgIpc) is 3.01. The number of benzene rings is 2. The van der Waals surface area contributed by atoms with Crippen molar-refractivity contribution in [3.05, 3.63) is 71.8 Å². The molecular weight excluding hydrogens is 230 g/mol. The molecule has 0 spiro atoms. The lowest BCUT2D eigenvalue weighted by Crippen LogP contribution is -2.17. The number of likely N-dealkylation sites (tertiary alicyclic amines) is 1. The van der Waals surface area contributed by atoms with Gasteiger partial charge in [-0.05, 0) is 30.0 Å². The normalized spacial score (nSPS) is 15.8. The first-order valence-corrected chi connectivity index (χ1v) is 7.00. The van der Waals surface area contributed by atoms with Crippen molar-refractivity contribution in [2.75, 3.05) is 13.1 Å². The van der Waals surface area contributed by atoms with Crippen molar-refractivity contribution in [2.45, 2.75) is 12.8 Å². The van der Waals surface area contributed by atoms with Gasteiger partial charge in [0.05, 0.1) is 0 Å². The van der Waals surface area contributed by atoms with Crippen LogP contribution in [0.15, 0.2) is 60.7 Å². The van der Waals surface area contributed by atoms with Crippen molar-refractivity contribution in [3.8, 4) is 0 Å². The second-order valence-electron chi connectivity index (χ2n) is 5.00. The van der Waals surface area contributed by atoms with E-state index in [2.05, 4.69) is 71.6 Å². The molecule has 3 rings (SSSR count). The van der Waals surface area contributed by atoms with Gasteiger partial charge < -0.3 is 4.90 Å². The monoisotopic (exact) mass is 249 g/mol. The Balaban J connectivity index is 1.99. The highest BCUT2D eigenvalue weighted by molar-refractivity contribution is 5.80. The molecule has 0 N–H and O–H groups in total. The molecule has 1 heterocycles. The maximum absolute atomic E-state index is 2.50. The summed E-state index contributed by atoms with van der Waals surface area (Å²) in [4.78, 5) is 2.50. The Bertz CT molecular complexity index is 536. The van der Waals surface area contributed by atoms with Gasteiger partial charge in [0.1, 0.15) is 0 Å². The largest absolute Gasteiger partial charge is 0.371 e. The third kappa shape index (κ3) is 2.87. The van der Waals surface area contributed by atoms with E-state index in [4.69, 9.17) is 0 Å². The van der Waals surface area contributed by atoms with Gasteiger partial charge in [-0.3, -0.25) is 0 Å². The molecule has 1 saturated heterocycles. The smallest absolute Gasteiger partial charge is 0.0445 e. The van der Waals surface area contributed by atoms with Crippen molar-refractivity contribution in [2.24, 2.45) is 0 Å². The van der Waals surface area contributed by atoms with Gasteiger partial charge in [-0.1, -0.05) is 60.7 Å². The molecule has 1 aliphatic heterocycles. The molecule has 1 aliphatic rings. The number of nitrogens with zero attached hydrogens (tertiary/aromatic N) is 1. The van der Waals surface area contributed by atoms with Gasteiger partial charge in [0.2, 0.25) is 0 Å². The minimum absolute atomic E-state index is 1.17. The standard InChI is InChI=1S/C18H19N/c1-3-9-16(10-4-1)15-18(19-13-7-8-14-19)17-11-5-2-6-12-17/h1-6,9-12,15H,7-8,13-14H2. The molecule has 0 aromatic heterocycles. The maximum atomic E-state index is 2.50. The summed E-state index contributed by atoms with van der Waals surface area (Å²) < 4.78 is 0. The predicted octanol–water partition coefficient (Wildman–Crippen LogP) is 4.28. The van der Waals surface area contributed by atoms with E-state index in [0.717, 1.165) is 0 Å².